The van der Waals surface area contributed by atoms with Gasteiger partial charge >= 0.3 is 11.9 Å². The van der Waals surface area contributed by atoms with E-state index >= 15 is 0 Å². The van der Waals surface area contributed by atoms with Crippen molar-refractivity contribution in [3.63, 3.8) is 0 Å². The minimum atomic E-state index is -1.29. The van der Waals surface area contributed by atoms with Gasteiger partial charge in [-0.1, -0.05) is 68.4 Å². The van der Waals surface area contributed by atoms with Gasteiger partial charge in [-0.2, -0.15) is 0 Å². The lowest BCUT2D eigenvalue weighted by molar-refractivity contribution is -0.916. The molecule has 6 heteroatoms. The van der Waals surface area contributed by atoms with Gasteiger partial charge in [-0.25, -0.2) is 0 Å². The zero-order valence-electron chi connectivity index (χ0n) is 20.5. The van der Waals surface area contributed by atoms with Crippen LogP contribution in [0.25, 0.3) is 0 Å². The van der Waals surface area contributed by atoms with Gasteiger partial charge in [0, 0.05) is 11.1 Å². The molecule has 2 atom stereocenters. The topological polar surface area (TPSA) is 72.8 Å². The second-order valence-corrected chi connectivity index (χ2v) is 9.77. The quantitative estimate of drug-likeness (QED) is 0.385. The van der Waals surface area contributed by atoms with E-state index in [9.17, 15) is 14.7 Å². The number of benzene rings is 2. The van der Waals surface area contributed by atoms with Gasteiger partial charge in [0.25, 0.3) is 0 Å². The molecule has 2 rings (SSSR count). The molecule has 0 saturated carbocycles. The summed E-state index contributed by atoms with van der Waals surface area (Å²) in [6, 6.07) is 18.4. The lowest BCUT2D eigenvalue weighted by Crippen LogP contribution is -2.39. The monoisotopic (exact) mass is 456 g/mol. The molecule has 6 nitrogen and oxygen atoms in total. The summed E-state index contributed by atoms with van der Waals surface area (Å²) in [5.41, 5.74) is 2.07. The van der Waals surface area contributed by atoms with Crippen LogP contribution >= 0.6 is 0 Å². The SMILES string of the molecule is CCC(C)C(=O)OCC(C)(CO)C(=O)OCc1ccc(C[N+](C)(C)Cc2ccccc2)cc1. The van der Waals surface area contributed by atoms with Crippen molar-refractivity contribution < 1.29 is 28.7 Å². The molecule has 1 N–H and O–H groups in total. The smallest absolute Gasteiger partial charge is 0.317 e. The Bertz CT molecular complexity index is 894. The van der Waals surface area contributed by atoms with E-state index in [0.717, 1.165) is 23.1 Å². The third-order valence-electron chi connectivity index (χ3n) is 5.85. The molecular formula is C27H38NO5+. The summed E-state index contributed by atoms with van der Waals surface area (Å²) in [6.07, 6.45) is 0.650. The number of esters is 2. The van der Waals surface area contributed by atoms with Crippen molar-refractivity contribution >= 4 is 11.9 Å². The third-order valence-corrected chi connectivity index (χ3v) is 5.85. The third kappa shape index (κ3) is 8.30. The predicted octanol–water partition coefficient (Wildman–Crippen LogP) is 4.09. The summed E-state index contributed by atoms with van der Waals surface area (Å²) in [5.74, 6) is -1.22. The molecule has 0 aromatic heterocycles. The highest BCUT2D eigenvalue weighted by molar-refractivity contribution is 5.78. The number of nitrogens with zero attached hydrogens (tertiary/aromatic N) is 1. The van der Waals surface area contributed by atoms with E-state index in [4.69, 9.17) is 9.47 Å². The van der Waals surface area contributed by atoms with Gasteiger partial charge in [0.15, 0.2) is 0 Å². The molecule has 0 bridgehead atoms. The van der Waals surface area contributed by atoms with Crippen LogP contribution in [0.4, 0.5) is 0 Å². The largest absolute Gasteiger partial charge is 0.464 e. The first-order valence-corrected chi connectivity index (χ1v) is 11.5. The van der Waals surface area contributed by atoms with Gasteiger partial charge in [0.1, 0.15) is 31.7 Å². The zero-order valence-corrected chi connectivity index (χ0v) is 20.5. The van der Waals surface area contributed by atoms with Crippen molar-refractivity contribution in [2.75, 3.05) is 27.3 Å². The molecule has 0 radical (unpaired) electrons. The van der Waals surface area contributed by atoms with Crippen molar-refractivity contribution in [2.24, 2.45) is 11.3 Å². The summed E-state index contributed by atoms with van der Waals surface area (Å²) >= 11 is 0. The van der Waals surface area contributed by atoms with Crippen molar-refractivity contribution in [3.05, 3.63) is 71.3 Å². The fourth-order valence-corrected chi connectivity index (χ4v) is 3.40. The molecule has 0 saturated heterocycles. The van der Waals surface area contributed by atoms with Gasteiger partial charge in [-0.15, -0.1) is 0 Å². The minimum Gasteiger partial charge on any atom is -0.464 e. The van der Waals surface area contributed by atoms with Crippen LogP contribution in [-0.4, -0.2) is 48.8 Å². The maximum absolute atomic E-state index is 12.6. The molecule has 0 aliphatic heterocycles. The van der Waals surface area contributed by atoms with E-state index in [1.165, 1.54) is 18.1 Å². The number of quaternary nitrogens is 1. The Balaban J connectivity index is 1.89. The second kappa shape index (κ2) is 12.0. The summed E-state index contributed by atoms with van der Waals surface area (Å²) in [5, 5.41) is 9.72. The number of carbonyl (C=O) groups excluding carboxylic acids is 2. The fourth-order valence-electron chi connectivity index (χ4n) is 3.40. The molecule has 0 heterocycles. The van der Waals surface area contributed by atoms with Gasteiger partial charge in [-0.05, 0) is 18.9 Å². The maximum atomic E-state index is 12.6. The number of carbonyl (C=O) groups is 2. The molecule has 2 unspecified atom stereocenters. The zero-order chi connectivity index (χ0) is 24.5. The molecule has 2 aromatic rings. The average Bonchev–Trinajstić information content (AvgIpc) is 2.81. The molecule has 180 valence electrons. The lowest BCUT2D eigenvalue weighted by atomic mass is 9.93. The Morgan fingerprint density at radius 3 is 2.03 bits per heavy atom. The Labute approximate surface area is 197 Å². The van der Waals surface area contributed by atoms with E-state index in [0.29, 0.717) is 6.42 Å². The van der Waals surface area contributed by atoms with Crippen LogP contribution < -0.4 is 0 Å². The molecule has 0 amide bonds. The van der Waals surface area contributed by atoms with Crippen LogP contribution in [0.5, 0.6) is 0 Å². The van der Waals surface area contributed by atoms with Crippen molar-refractivity contribution in [3.8, 4) is 0 Å². The Kier molecular flexibility index (Phi) is 9.62. The molecule has 0 aliphatic carbocycles. The van der Waals surface area contributed by atoms with Crippen LogP contribution in [0.15, 0.2) is 54.6 Å². The normalized spacial score (nSPS) is 14.2. The summed E-state index contributed by atoms with van der Waals surface area (Å²) in [4.78, 5) is 24.5. The lowest BCUT2D eigenvalue weighted by Gasteiger charge is -2.30. The van der Waals surface area contributed by atoms with Crippen molar-refractivity contribution in [2.45, 2.75) is 46.9 Å². The first-order valence-electron chi connectivity index (χ1n) is 11.5. The average molecular weight is 457 g/mol. The maximum Gasteiger partial charge on any atom is 0.317 e. The molecule has 33 heavy (non-hydrogen) atoms. The molecular weight excluding hydrogens is 418 g/mol. The molecule has 0 aliphatic rings. The van der Waals surface area contributed by atoms with E-state index in [2.05, 4.69) is 38.4 Å². The van der Waals surface area contributed by atoms with Crippen molar-refractivity contribution in [1.29, 1.82) is 0 Å². The van der Waals surface area contributed by atoms with Crippen LogP contribution in [-0.2, 0) is 38.8 Å². The standard InChI is InChI=1S/C27H38NO5/c1-6-21(2)25(30)33-20-27(3,19-29)26(31)32-18-24-14-12-23(13-15-24)17-28(4,5)16-22-10-8-7-9-11-22/h7-15,21,29H,6,16-20H2,1-5H3/q+1. The van der Waals surface area contributed by atoms with E-state index in [-0.39, 0.29) is 25.1 Å². The van der Waals surface area contributed by atoms with E-state index in [1.54, 1.807) is 6.92 Å². The van der Waals surface area contributed by atoms with Gasteiger partial charge in [-0.3, -0.25) is 9.59 Å². The van der Waals surface area contributed by atoms with Crippen molar-refractivity contribution in [1.82, 2.24) is 0 Å². The summed E-state index contributed by atoms with van der Waals surface area (Å²) in [6.45, 7) is 6.42. The highest BCUT2D eigenvalue weighted by atomic mass is 16.6. The van der Waals surface area contributed by atoms with Gasteiger partial charge < -0.3 is 19.1 Å². The number of aliphatic hydroxyl groups excluding tert-OH is 1. The number of rotatable bonds is 12. The van der Waals surface area contributed by atoms with Crippen LogP contribution in [0.3, 0.4) is 0 Å². The molecule has 0 fully saturated rings. The number of hydrogen-bond donors (Lipinski definition) is 1. The number of ether oxygens (including phenoxy) is 2. The Morgan fingerprint density at radius 1 is 0.939 bits per heavy atom. The van der Waals surface area contributed by atoms with E-state index in [1.807, 2.05) is 37.3 Å². The predicted molar refractivity (Wildman–Crippen MR) is 128 cm³/mol. The number of aliphatic hydroxyl groups is 1. The van der Waals surface area contributed by atoms with Gasteiger partial charge in [0.05, 0.1) is 26.6 Å². The highest BCUT2D eigenvalue weighted by Gasteiger charge is 2.36. The van der Waals surface area contributed by atoms with Crippen LogP contribution in [0.2, 0.25) is 0 Å². The first-order chi connectivity index (χ1) is 15.6. The molecule has 2 aromatic carbocycles. The van der Waals surface area contributed by atoms with Crippen LogP contribution in [0, 0.1) is 11.3 Å². The number of hydrogen-bond acceptors (Lipinski definition) is 5. The second-order valence-electron chi connectivity index (χ2n) is 9.77. The Hall–Kier alpha value is -2.70. The summed E-state index contributed by atoms with van der Waals surface area (Å²) in [7, 11) is 4.40. The first kappa shape index (κ1) is 26.6. The highest BCUT2D eigenvalue weighted by Crippen LogP contribution is 2.21. The summed E-state index contributed by atoms with van der Waals surface area (Å²) < 4.78 is 11.5. The van der Waals surface area contributed by atoms with Gasteiger partial charge in [0.2, 0.25) is 0 Å². The molecule has 0 spiro atoms. The fraction of sp³-hybridized carbons (Fsp3) is 0.481. The Morgan fingerprint density at radius 2 is 1.48 bits per heavy atom. The van der Waals surface area contributed by atoms with E-state index < -0.39 is 18.0 Å². The minimum absolute atomic E-state index is 0.0935. The van der Waals surface area contributed by atoms with Crippen LogP contribution in [0.1, 0.15) is 43.9 Å².